The van der Waals surface area contributed by atoms with Crippen LogP contribution in [-0.4, -0.2) is 65.3 Å². The van der Waals surface area contributed by atoms with Crippen molar-refractivity contribution in [2.75, 3.05) is 32.7 Å². The monoisotopic (exact) mass is 257 g/mol. The first-order valence-electron chi connectivity index (χ1n) is 6.77. The topological polar surface area (TPSA) is 55.8 Å². The van der Waals surface area contributed by atoms with Gasteiger partial charge in [0.25, 0.3) is 0 Å². The van der Waals surface area contributed by atoms with E-state index in [1.807, 2.05) is 27.7 Å². The Morgan fingerprint density at radius 3 is 2.39 bits per heavy atom. The van der Waals surface area contributed by atoms with Crippen molar-refractivity contribution in [1.82, 2.24) is 15.1 Å². The van der Waals surface area contributed by atoms with Gasteiger partial charge in [0.1, 0.15) is 0 Å². The number of rotatable bonds is 4. The molecule has 0 bridgehead atoms. The predicted molar refractivity (Wildman–Crippen MR) is 73.0 cm³/mol. The second kappa shape index (κ2) is 6.38. The van der Waals surface area contributed by atoms with Crippen LogP contribution in [0, 0.1) is 0 Å². The average Bonchev–Trinajstić information content (AvgIpc) is 2.25. The van der Waals surface area contributed by atoms with Crippen molar-refractivity contribution in [1.29, 1.82) is 0 Å². The molecule has 5 nitrogen and oxygen atoms in total. The zero-order valence-electron chi connectivity index (χ0n) is 12.1. The lowest BCUT2D eigenvalue weighted by Crippen LogP contribution is -2.51. The van der Waals surface area contributed by atoms with Gasteiger partial charge >= 0.3 is 6.09 Å². The first-order chi connectivity index (χ1) is 8.32. The van der Waals surface area contributed by atoms with E-state index < -0.39 is 6.09 Å². The summed E-state index contributed by atoms with van der Waals surface area (Å²) in [6.07, 6.45) is 0.0686. The van der Waals surface area contributed by atoms with Gasteiger partial charge in [0.05, 0.1) is 0 Å². The van der Waals surface area contributed by atoms with Gasteiger partial charge < -0.3 is 20.2 Å². The van der Waals surface area contributed by atoms with Gasteiger partial charge in [0.15, 0.2) is 0 Å². The Balaban J connectivity index is 2.46. The van der Waals surface area contributed by atoms with E-state index in [-0.39, 0.29) is 11.6 Å². The van der Waals surface area contributed by atoms with Gasteiger partial charge in [-0.15, -0.1) is 0 Å². The maximum absolute atomic E-state index is 11.3. The van der Waals surface area contributed by atoms with Gasteiger partial charge in [0.2, 0.25) is 0 Å². The zero-order valence-corrected chi connectivity index (χ0v) is 12.1. The van der Waals surface area contributed by atoms with Gasteiger partial charge in [-0.25, -0.2) is 4.79 Å². The highest BCUT2D eigenvalue weighted by atomic mass is 16.4. The average molecular weight is 257 g/mol. The Morgan fingerprint density at radius 2 is 1.94 bits per heavy atom. The summed E-state index contributed by atoms with van der Waals surface area (Å²) < 4.78 is 0. The van der Waals surface area contributed by atoms with E-state index in [9.17, 15) is 9.90 Å². The quantitative estimate of drug-likeness (QED) is 0.800. The maximum atomic E-state index is 11.3. The number of piperazine rings is 1. The molecule has 0 aromatic heterocycles. The van der Waals surface area contributed by atoms with Crippen molar-refractivity contribution >= 4 is 6.09 Å². The Morgan fingerprint density at radius 1 is 1.39 bits per heavy atom. The van der Waals surface area contributed by atoms with Crippen LogP contribution in [0.25, 0.3) is 0 Å². The Bertz CT molecular complexity index is 270. The third-order valence-corrected chi connectivity index (χ3v) is 3.44. The molecule has 1 aliphatic rings. The minimum Gasteiger partial charge on any atom is -0.465 e. The molecule has 1 saturated heterocycles. The summed E-state index contributed by atoms with van der Waals surface area (Å²) in [4.78, 5) is 15.3. The summed E-state index contributed by atoms with van der Waals surface area (Å²) >= 11 is 0. The fourth-order valence-electron chi connectivity index (χ4n) is 2.57. The van der Waals surface area contributed by atoms with Gasteiger partial charge in [-0.2, -0.15) is 0 Å². The van der Waals surface area contributed by atoms with E-state index in [4.69, 9.17) is 0 Å². The Kier molecular flexibility index (Phi) is 5.41. The molecular weight excluding hydrogens is 230 g/mol. The van der Waals surface area contributed by atoms with Crippen LogP contribution < -0.4 is 5.32 Å². The lowest BCUT2D eigenvalue weighted by molar-refractivity contribution is 0.0681. The van der Waals surface area contributed by atoms with Gasteiger partial charge in [-0.1, -0.05) is 0 Å². The second-order valence-electron chi connectivity index (χ2n) is 6.05. The minimum atomic E-state index is -0.824. The van der Waals surface area contributed by atoms with Crippen LogP contribution in [0.3, 0.4) is 0 Å². The molecule has 5 heteroatoms. The molecule has 0 aromatic carbocycles. The van der Waals surface area contributed by atoms with Gasteiger partial charge in [-0.3, -0.25) is 0 Å². The molecule has 18 heavy (non-hydrogen) atoms. The van der Waals surface area contributed by atoms with E-state index in [2.05, 4.69) is 10.2 Å². The number of hydrogen-bond donors (Lipinski definition) is 2. The fraction of sp³-hybridized carbons (Fsp3) is 0.923. The molecule has 0 aromatic rings. The first kappa shape index (κ1) is 15.2. The lowest BCUT2D eigenvalue weighted by atomic mass is 10.0. The molecule has 1 atom stereocenters. The smallest absolute Gasteiger partial charge is 0.407 e. The highest BCUT2D eigenvalue weighted by molar-refractivity contribution is 5.66. The summed E-state index contributed by atoms with van der Waals surface area (Å²) in [5, 5.41) is 12.6. The standard InChI is InChI=1S/C13H27N3O2/c1-11(16(12(17)18)13(2,3)4)5-8-15-9-6-14-7-10-15/h11,14H,5-10H2,1-4H3,(H,17,18)/t11-/m0/s1. The third kappa shape index (κ3) is 4.46. The second-order valence-corrected chi connectivity index (χ2v) is 6.05. The maximum Gasteiger partial charge on any atom is 0.407 e. The van der Waals surface area contributed by atoms with E-state index in [0.29, 0.717) is 0 Å². The number of amides is 1. The molecule has 1 heterocycles. The summed E-state index contributed by atoms with van der Waals surface area (Å²) in [6.45, 7) is 13.0. The van der Waals surface area contributed by atoms with Crippen LogP contribution in [0.1, 0.15) is 34.1 Å². The molecule has 106 valence electrons. The highest BCUT2D eigenvalue weighted by Gasteiger charge is 2.30. The minimum absolute atomic E-state index is 0.0531. The summed E-state index contributed by atoms with van der Waals surface area (Å²) in [7, 11) is 0. The number of nitrogens with one attached hydrogen (secondary N) is 1. The molecule has 0 spiro atoms. The van der Waals surface area contributed by atoms with Crippen molar-refractivity contribution in [3.8, 4) is 0 Å². The third-order valence-electron chi connectivity index (χ3n) is 3.44. The first-order valence-corrected chi connectivity index (χ1v) is 6.77. The zero-order chi connectivity index (χ0) is 13.8. The molecule has 0 unspecified atom stereocenters. The lowest BCUT2D eigenvalue weighted by Gasteiger charge is -2.39. The summed E-state index contributed by atoms with van der Waals surface area (Å²) in [5.74, 6) is 0. The fourth-order valence-corrected chi connectivity index (χ4v) is 2.57. The molecule has 0 aliphatic carbocycles. The van der Waals surface area contributed by atoms with Crippen LogP contribution in [-0.2, 0) is 0 Å². The Labute approximate surface area is 110 Å². The van der Waals surface area contributed by atoms with Crippen LogP contribution in [0.2, 0.25) is 0 Å². The summed E-state index contributed by atoms with van der Waals surface area (Å²) in [5.41, 5.74) is -0.339. The molecule has 1 amide bonds. The van der Waals surface area contributed by atoms with Crippen molar-refractivity contribution in [2.45, 2.75) is 45.7 Å². The molecule has 2 N–H and O–H groups in total. The van der Waals surface area contributed by atoms with Crippen LogP contribution in [0.15, 0.2) is 0 Å². The highest BCUT2D eigenvalue weighted by Crippen LogP contribution is 2.19. The van der Waals surface area contributed by atoms with Gasteiger partial charge in [-0.05, 0) is 34.1 Å². The van der Waals surface area contributed by atoms with E-state index in [1.165, 1.54) is 0 Å². The molecular formula is C13H27N3O2. The number of hydrogen-bond acceptors (Lipinski definition) is 3. The molecule has 1 aliphatic heterocycles. The van der Waals surface area contributed by atoms with E-state index in [1.54, 1.807) is 4.90 Å². The largest absolute Gasteiger partial charge is 0.465 e. The molecule has 0 radical (unpaired) electrons. The SMILES string of the molecule is C[C@@H](CCN1CCNCC1)N(C(=O)O)C(C)(C)C. The van der Waals surface area contributed by atoms with Crippen molar-refractivity contribution in [2.24, 2.45) is 0 Å². The van der Waals surface area contributed by atoms with Gasteiger partial charge in [0, 0.05) is 44.3 Å². The van der Waals surface area contributed by atoms with Crippen molar-refractivity contribution in [3.63, 3.8) is 0 Å². The van der Waals surface area contributed by atoms with E-state index in [0.717, 1.165) is 39.1 Å². The number of carboxylic acid groups (broad SMARTS) is 1. The predicted octanol–water partition coefficient (Wildman–Crippen LogP) is 1.45. The van der Waals surface area contributed by atoms with Crippen molar-refractivity contribution < 1.29 is 9.90 Å². The summed E-state index contributed by atoms with van der Waals surface area (Å²) in [6, 6.07) is 0.0531. The number of nitrogens with zero attached hydrogens (tertiary/aromatic N) is 2. The molecule has 1 rings (SSSR count). The van der Waals surface area contributed by atoms with Crippen LogP contribution in [0.5, 0.6) is 0 Å². The Hall–Kier alpha value is -0.810. The van der Waals surface area contributed by atoms with E-state index >= 15 is 0 Å². The normalized spacial score (nSPS) is 19.6. The number of carbonyl (C=O) groups is 1. The van der Waals surface area contributed by atoms with Crippen LogP contribution in [0.4, 0.5) is 4.79 Å². The molecule has 0 saturated carbocycles. The van der Waals surface area contributed by atoms with Crippen LogP contribution >= 0.6 is 0 Å². The van der Waals surface area contributed by atoms with Crippen molar-refractivity contribution in [3.05, 3.63) is 0 Å². The molecule has 1 fully saturated rings.